The molecule has 0 aliphatic carbocycles. The number of ether oxygens (including phenoxy) is 1. The molecule has 0 radical (unpaired) electrons. The Bertz CT molecular complexity index is 325. The molecule has 15 heavy (non-hydrogen) atoms. The van der Waals surface area contributed by atoms with Gasteiger partial charge in [0.15, 0.2) is 0 Å². The maximum atomic E-state index is 5.22. The molecule has 2 rings (SSSR count). The third-order valence-electron chi connectivity index (χ3n) is 2.85. The summed E-state index contributed by atoms with van der Waals surface area (Å²) in [6.07, 6.45) is 1.76. The Kier molecular flexibility index (Phi) is 3.18. The van der Waals surface area contributed by atoms with E-state index in [9.17, 15) is 0 Å². The van der Waals surface area contributed by atoms with Gasteiger partial charge in [-0.05, 0) is 13.1 Å². The molecule has 2 heterocycles. The van der Waals surface area contributed by atoms with Gasteiger partial charge >= 0.3 is 0 Å². The van der Waals surface area contributed by atoms with Gasteiger partial charge in [0.1, 0.15) is 0 Å². The number of likely N-dealkylation sites (N-methyl/N-ethyl adjacent to an activating group) is 1. The molecule has 1 aromatic rings. The lowest BCUT2D eigenvalue weighted by atomic mass is 10.1. The molecule has 1 aromatic heterocycles. The van der Waals surface area contributed by atoms with Crippen LogP contribution in [0.5, 0.6) is 5.88 Å². The molecular formula is C11H17N3O. The molecule has 1 saturated heterocycles. The van der Waals surface area contributed by atoms with E-state index < -0.39 is 0 Å². The van der Waals surface area contributed by atoms with Crippen molar-refractivity contribution < 1.29 is 4.74 Å². The average molecular weight is 207 g/mol. The first kappa shape index (κ1) is 10.4. The molecular weight excluding hydrogens is 190 g/mol. The van der Waals surface area contributed by atoms with Gasteiger partial charge in [-0.3, -0.25) is 4.90 Å². The van der Waals surface area contributed by atoms with Crippen LogP contribution in [0.15, 0.2) is 18.3 Å². The molecule has 0 saturated carbocycles. The molecule has 0 aromatic carbocycles. The van der Waals surface area contributed by atoms with Crippen LogP contribution < -0.4 is 10.1 Å². The van der Waals surface area contributed by atoms with Crippen molar-refractivity contribution in [3.05, 3.63) is 23.9 Å². The smallest absolute Gasteiger partial charge is 0.217 e. The van der Waals surface area contributed by atoms with E-state index >= 15 is 0 Å². The third kappa shape index (κ3) is 2.27. The number of pyridine rings is 1. The van der Waals surface area contributed by atoms with Gasteiger partial charge in [-0.2, -0.15) is 0 Å². The third-order valence-corrected chi connectivity index (χ3v) is 2.85. The molecule has 82 valence electrons. The molecule has 1 aliphatic heterocycles. The van der Waals surface area contributed by atoms with Gasteiger partial charge < -0.3 is 10.1 Å². The van der Waals surface area contributed by atoms with Crippen molar-refractivity contribution in [2.75, 3.05) is 27.2 Å². The van der Waals surface area contributed by atoms with E-state index in [1.807, 2.05) is 6.07 Å². The van der Waals surface area contributed by atoms with E-state index in [-0.39, 0.29) is 0 Å². The predicted molar refractivity (Wildman–Crippen MR) is 58.9 cm³/mol. The molecule has 4 heteroatoms. The van der Waals surface area contributed by atoms with Crippen molar-refractivity contribution in [2.45, 2.75) is 12.6 Å². The molecule has 0 bridgehead atoms. The highest BCUT2D eigenvalue weighted by Crippen LogP contribution is 2.17. The van der Waals surface area contributed by atoms with E-state index in [1.54, 1.807) is 13.3 Å². The van der Waals surface area contributed by atoms with Gasteiger partial charge in [0.05, 0.1) is 7.11 Å². The normalized spacial score (nSPS) is 16.5. The highest BCUT2D eigenvalue weighted by atomic mass is 16.5. The predicted octanol–water partition coefficient (Wildman–Crippen LogP) is 0.494. The fraction of sp³-hybridized carbons (Fsp3) is 0.545. The molecule has 0 spiro atoms. The number of nitrogens with zero attached hydrogens (tertiary/aromatic N) is 2. The Labute approximate surface area is 90.3 Å². The summed E-state index contributed by atoms with van der Waals surface area (Å²) in [6, 6.07) is 4.66. The summed E-state index contributed by atoms with van der Waals surface area (Å²) in [5.74, 6) is 0.733. The Hall–Kier alpha value is -1.13. The lowest BCUT2D eigenvalue weighted by molar-refractivity contribution is 0.171. The molecule has 0 atom stereocenters. The molecule has 1 fully saturated rings. The summed E-state index contributed by atoms with van der Waals surface area (Å²) in [5.41, 5.74) is 1.15. The summed E-state index contributed by atoms with van der Waals surface area (Å²) in [5, 5.41) is 3.27. The van der Waals surface area contributed by atoms with E-state index in [4.69, 9.17) is 4.74 Å². The molecule has 0 unspecified atom stereocenters. The van der Waals surface area contributed by atoms with Crippen molar-refractivity contribution in [1.82, 2.24) is 15.2 Å². The topological polar surface area (TPSA) is 37.4 Å². The van der Waals surface area contributed by atoms with Gasteiger partial charge in [-0.25, -0.2) is 4.98 Å². The summed E-state index contributed by atoms with van der Waals surface area (Å²) in [6.45, 7) is 3.06. The van der Waals surface area contributed by atoms with Crippen molar-refractivity contribution in [3.8, 4) is 5.88 Å². The van der Waals surface area contributed by atoms with Crippen molar-refractivity contribution in [3.63, 3.8) is 0 Å². The zero-order valence-electron chi connectivity index (χ0n) is 9.23. The fourth-order valence-electron chi connectivity index (χ4n) is 1.71. The lowest BCUT2D eigenvalue weighted by Crippen LogP contribution is -2.55. The van der Waals surface area contributed by atoms with Crippen molar-refractivity contribution >= 4 is 0 Å². The first-order valence-corrected chi connectivity index (χ1v) is 5.20. The molecule has 1 N–H and O–H groups in total. The number of hydrogen-bond acceptors (Lipinski definition) is 4. The molecule has 0 amide bonds. The van der Waals surface area contributed by atoms with Crippen LogP contribution in [0, 0.1) is 0 Å². The number of methoxy groups -OCH3 is 1. The maximum Gasteiger partial charge on any atom is 0.217 e. The van der Waals surface area contributed by atoms with Gasteiger partial charge in [-0.15, -0.1) is 0 Å². The van der Waals surface area contributed by atoms with Gasteiger partial charge in [-0.1, -0.05) is 6.07 Å². The maximum absolute atomic E-state index is 5.22. The Morgan fingerprint density at radius 1 is 1.60 bits per heavy atom. The Balaban J connectivity index is 2.02. The van der Waals surface area contributed by atoms with Crippen LogP contribution in [0.1, 0.15) is 5.56 Å². The van der Waals surface area contributed by atoms with Gasteiger partial charge in [0, 0.05) is 37.4 Å². The summed E-state index contributed by atoms with van der Waals surface area (Å²) < 4.78 is 5.22. The Morgan fingerprint density at radius 2 is 2.40 bits per heavy atom. The minimum Gasteiger partial charge on any atom is -0.481 e. The monoisotopic (exact) mass is 207 g/mol. The Morgan fingerprint density at radius 3 is 3.00 bits per heavy atom. The highest BCUT2D eigenvalue weighted by Gasteiger charge is 2.22. The van der Waals surface area contributed by atoms with E-state index in [1.165, 1.54) is 0 Å². The number of hydrogen-bond donors (Lipinski definition) is 1. The van der Waals surface area contributed by atoms with E-state index in [0.29, 0.717) is 6.04 Å². The second kappa shape index (κ2) is 4.59. The highest BCUT2D eigenvalue weighted by molar-refractivity contribution is 5.25. The summed E-state index contributed by atoms with van der Waals surface area (Å²) in [4.78, 5) is 6.52. The van der Waals surface area contributed by atoms with E-state index in [0.717, 1.165) is 31.1 Å². The van der Waals surface area contributed by atoms with Crippen LogP contribution in [-0.4, -0.2) is 43.2 Å². The van der Waals surface area contributed by atoms with Crippen molar-refractivity contribution in [2.24, 2.45) is 0 Å². The summed E-state index contributed by atoms with van der Waals surface area (Å²) >= 11 is 0. The summed E-state index contributed by atoms with van der Waals surface area (Å²) in [7, 11) is 3.80. The van der Waals surface area contributed by atoms with Crippen LogP contribution in [-0.2, 0) is 6.54 Å². The van der Waals surface area contributed by atoms with Crippen LogP contribution in [0.25, 0.3) is 0 Å². The number of rotatable bonds is 4. The minimum atomic E-state index is 0.648. The first-order valence-electron chi connectivity index (χ1n) is 5.20. The minimum absolute atomic E-state index is 0.648. The van der Waals surface area contributed by atoms with Crippen LogP contribution in [0.3, 0.4) is 0 Å². The molecule has 1 aliphatic rings. The van der Waals surface area contributed by atoms with Gasteiger partial charge in [0.25, 0.3) is 0 Å². The standard InChI is InChI=1S/C11H17N3O/c1-14(10-6-12-7-10)8-9-4-3-5-13-11(9)15-2/h3-5,10,12H,6-8H2,1-2H3. The zero-order valence-corrected chi connectivity index (χ0v) is 9.23. The van der Waals surface area contributed by atoms with E-state index in [2.05, 4.69) is 28.3 Å². The second-order valence-corrected chi connectivity index (χ2v) is 3.90. The SMILES string of the molecule is COc1ncccc1CN(C)C1CNC1. The number of nitrogens with one attached hydrogen (secondary N) is 1. The largest absolute Gasteiger partial charge is 0.481 e. The fourth-order valence-corrected chi connectivity index (χ4v) is 1.71. The number of aromatic nitrogens is 1. The van der Waals surface area contributed by atoms with Crippen LogP contribution in [0.4, 0.5) is 0 Å². The molecule has 4 nitrogen and oxygen atoms in total. The quantitative estimate of drug-likeness (QED) is 0.780. The van der Waals surface area contributed by atoms with Crippen LogP contribution >= 0.6 is 0 Å². The average Bonchev–Trinajstić information content (AvgIpc) is 2.15. The first-order chi connectivity index (χ1) is 7.31. The second-order valence-electron chi connectivity index (χ2n) is 3.90. The van der Waals surface area contributed by atoms with Crippen LogP contribution in [0.2, 0.25) is 0 Å². The lowest BCUT2D eigenvalue weighted by Gasteiger charge is -2.35. The zero-order chi connectivity index (χ0) is 10.7. The van der Waals surface area contributed by atoms with Gasteiger partial charge in [0.2, 0.25) is 5.88 Å². The van der Waals surface area contributed by atoms with Crippen molar-refractivity contribution in [1.29, 1.82) is 0 Å².